The van der Waals surface area contributed by atoms with Gasteiger partial charge in [-0.05, 0) is 100 Å². The van der Waals surface area contributed by atoms with E-state index in [0.717, 1.165) is 0 Å². The predicted molar refractivity (Wildman–Crippen MR) is 131 cm³/mol. The maximum atomic E-state index is 13.3. The first-order valence-corrected chi connectivity index (χ1v) is 13.0. The summed E-state index contributed by atoms with van der Waals surface area (Å²) < 4.78 is 0. The first kappa shape index (κ1) is 27.0. The lowest BCUT2D eigenvalue weighted by Crippen LogP contribution is -2.62. The van der Waals surface area contributed by atoms with Crippen molar-refractivity contribution in [3.05, 3.63) is 23.8 Å². The standard InChI is InChI=1S/C28H44O7/c1-15(24(2,3)33)11-23(32)27(6,34)22-8-10-28(35)17-12-19(29)18-13-20(30)21(31)14-25(18,4)16(17)7-9-26(22,28)5/h12,16,18,20-23,30-35H,1,7-11,13-14H2,2-6H3/t16-,18-,20+,21-,22-,23-,25+,26+,27+,28+/m0/s1. The van der Waals surface area contributed by atoms with Crippen molar-refractivity contribution in [2.24, 2.45) is 28.6 Å². The molecule has 0 aromatic rings. The molecule has 0 heterocycles. The lowest BCUT2D eigenvalue weighted by atomic mass is 9.45. The summed E-state index contributed by atoms with van der Waals surface area (Å²) in [4.78, 5) is 13.3. The van der Waals surface area contributed by atoms with E-state index >= 15 is 0 Å². The molecule has 198 valence electrons. The van der Waals surface area contributed by atoms with Crippen molar-refractivity contribution in [1.29, 1.82) is 0 Å². The van der Waals surface area contributed by atoms with Crippen LogP contribution in [0, 0.1) is 28.6 Å². The highest BCUT2D eigenvalue weighted by molar-refractivity contribution is 5.95. The third-order valence-electron chi connectivity index (χ3n) is 10.8. The van der Waals surface area contributed by atoms with Crippen LogP contribution in [0.1, 0.15) is 79.6 Å². The van der Waals surface area contributed by atoms with Gasteiger partial charge in [0.2, 0.25) is 0 Å². The van der Waals surface area contributed by atoms with Crippen molar-refractivity contribution in [2.45, 2.75) is 115 Å². The van der Waals surface area contributed by atoms with E-state index in [-0.39, 0.29) is 24.5 Å². The Labute approximate surface area is 208 Å². The second-order valence-corrected chi connectivity index (χ2v) is 13.2. The largest absolute Gasteiger partial charge is 0.390 e. The molecule has 0 spiro atoms. The topological polar surface area (TPSA) is 138 Å². The minimum atomic E-state index is -1.54. The molecule has 0 amide bonds. The molecule has 10 atom stereocenters. The molecule has 0 unspecified atom stereocenters. The van der Waals surface area contributed by atoms with Crippen LogP contribution in [0.2, 0.25) is 0 Å². The van der Waals surface area contributed by atoms with Gasteiger partial charge in [-0.2, -0.15) is 0 Å². The Kier molecular flexibility index (Phi) is 6.32. The monoisotopic (exact) mass is 492 g/mol. The summed E-state index contributed by atoms with van der Waals surface area (Å²) in [6.07, 6.45) is 1.27. The maximum Gasteiger partial charge on any atom is 0.159 e. The Morgan fingerprint density at radius 2 is 1.74 bits per heavy atom. The van der Waals surface area contributed by atoms with Gasteiger partial charge >= 0.3 is 0 Å². The van der Waals surface area contributed by atoms with E-state index in [1.165, 1.54) is 0 Å². The minimum Gasteiger partial charge on any atom is -0.390 e. The van der Waals surface area contributed by atoms with Gasteiger partial charge in [0.1, 0.15) is 0 Å². The normalized spacial score (nSPS) is 46.1. The second-order valence-electron chi connectivity index (χ2n) is 13.2. The Bertz CT molecular complexity index is 932. The van der Waals surface area contributed by atoms with Crippen molar-refractivity contribution >= 4 is 5.78 Å². The molecule has 0 saturated heterocycles. The second kappa shape index (κ2) is 8.20. The molecule has 35 heavy (non-hydrogen) atoms. The molecule has 4 rings (SSSR count). The zero-order valence-electron chi connectivity index (χ0n) is 21.8. The highest BCUT2D eigenvalue weighted by Gasteiger charge is 2.69. The van der Waals surface area contributed by atoms with E-state index < -0.39 is 57.8 Å². The first-order valence-electron chi connectivity index (χ1n) is 13.0. The highest BCUT2D eigenvalue weighted by Crippen LogP contribution is 2.68. The molecule has 3 saturated carbocycles. The fraction of sp³-hybridized carbons (Fsp3) is 0.821. The van der Waals surface area contributed by atoms with Gasteiger partial charge in [-0.3, -0.25) is 4.79 Å². The Hall–Kier alpha value is -1.09. The quantitative estimate of drug-likeness (QED) is 0.323. The molecule has 4 aliphatic carbocycles. The van der Waals surface area contributed by atoms with Crippen LogP contribution in [0.5, 0.6) is 0 Å². The molecule has 0 aromatic heterocycles. The molecule has 7 heteroatoms. The van der Waals surface area contributed by atoms with Crippen LogP contribution in [-0.4, -0.2) is 71.5 Å². The number of carbonyl (C=O) groups is 1. The van der Waals surface area contributed by atoms with Crippen molar-refractivity contribution in [3.63, 3.8) is 0 Å². The van der Waals surface area contributed by atoms with Gasteiger partial charge in [0.05, 0.1) is 35.1 Å². The summed E-state index contributed by atoms with van der Waals surface area (Å²) in [6, 6.07) is 0. The molecule has 3 fully saturated rings. The number of aliphatic hydroxyl groups is 6. The van der Waals surface area contributed by atoms with Gasteiger partial charge in [0.25, 0.3) is 0 Å². The highest BCUT2D eigenvalue weighted by atomic mass is 16.3. The SMILES string of the molecule is C=C(C[C@H](O)[C@](C)(O)[C@H]1CC[C@@]2(O)C3=CC(=O)[C@@H]4C[C@@H](O)[C@@H](O)C[C@]4(C)[C@H]3CC[C@]12C)C(C)(C)O. The van der Waals surface area contributed by atoms with E-state index in [0.29, 0.717) is 43.3 Å². The summed E-state index contributed by atoms with van der Waals surface area (Å²) in [5, 5.41) is 65.9. The molecule has 0 aromatic carbocycles. The van der Waals surface area contributed by atoms with Gasteiger partial charge in [-0.15, -0.1) is 0 Å². The molecular weight excluding hydrogens is 448 g/mol. The number of allylic oxidation sites excluding steroid dienone is 1. The molecule has 6 N–H and O–H groups in total. The minimum absolute atomic E-state index is 0.0330. The molecule has 0 bridgehead atoms. The van der Waals surface area contributed by atoms with Gasteiger partial charge < -0.3 is 30.6 Å². The number of hydrogen-bond acceptors (Lipinski definition) is 7. The van der Waals surface area contributed by atoms with Crippen LogP contribution in [0.3, 0.4) is 0 Å². The van der Waals surface area contributed by atoms with Crippen LogP contribution in [0.4, 0.5) is 0 Å². The van der Waals surface area contributed by atoms with Crippen LogP contribution >= 0.6 is 0 Å². The number of hydrogen-bond donors (Lipinski definition) is 6. The summed E-state index contributed by atoms with van der Waals surface area (Å²) in [5.74, 6) is -1.04. The summed E-state index contributed by atoms with van der Waals surface area (Å²) in [6.45, 7) is 12.6. The summed E-state index contributed by atoms with van der Waals surface area (Å²) in [5.41, 5.74) is -4.27. The third-order valence-corrected chi connectivity index (χ3v) is 10.8. The molecular formula is C28H44O7. The average molecular weight is 493 g/mol. The van der Waals surface area contributed by atoms with Gasteiger partial charge in [-0.1, -0.05) is 20.4 Å². The van der Waals surface area contributed by atoms with Gasteiger partial charge in [-0.25, -0.2) is 0 Å². The van der Waals surface area contributed by atoms with Crippen molar-refractivity contribution < 1.29 is 35.4 Å². The Balaban J connectivity index is 1.67. The Morgan fingerprint density at radius 3 is 2.34 bits per heavy atom. The van der Waals surface area contributed by atoms with Crippen molar-refractivity contribution in [2.75, 3.05) is 0 Å². The van der Waals surface area contributed by atoms with Crippen molar-refractivity contribution in [1.82, 2.24) is 0 Å². The zero-order valence-corrected chi connectivity index (χ0v) is 21.8. The third kappa shape index (κ3) is 3.80. The van der Waals surface area contributed by atoms with E-state index in [4.69, 9.17) is 0 Å². The van der Waals surface area contributed by atoms with Gasteiger partial charge in [0, 0.05) is 11.3 Å². The zero-order chi connectivity index (χ0) is 26.4. The van der Waals surface area contributed by atoms with Gasteiger partial charge in [0.15, 0.2) is 5.78 Å². The summed E-state index contributed by atoms with van der Waals surface area (Å²) in [7, 11) is 0. The number of carbonyl (C=O) groups excluding carboxylic acids is 1. The number of ketones is 1. The first-order chi connectivity index (χ1) is 15.9. The molecule has 0 radical (unpaired) electrons. The fourth-order valence-corrected chi connectivity index (χ4v) is 8.23. The molecule has 4 aliphatic rings. The summed E-state index contributed by atoms with van der Waals surface area (Å²) >= 11 is 0. The lowest BCUT2D eigenvalue weighted by Gasteiger charge is -2.60. The molecule has 7 nitrogen and oxygen atoms in total. The smallest absolute Gasteiger partial charge is 0.159 e. The maximum absolute atomic E-state index is 13.3. The Morgan fingerprint density at radius 1 is 1.11 bits per heavy atom. The number of rotatable bonds is 5. The van der Waals surface area contributed by atoms with E-state index in [1.54, 1.807) is 26.8 Å². The van der Waals surface area contributed by atoms with E-state index in [1.807, 2.05) is 13.8 Å². The fourth-order valence-electron chi connectivity index (χ4n) is 8.23. The number of fused-ring (bicyclic) bond motifs is 5. The molecule has 0 aliphatic heterocycles. The average Bonchev–Trinajstić information content (AvgIpc) is 3.01. The van der Waals surface area contributed by atoms with Crippen LogP contribution in [0.15, 0.2) is 23.8 Å². The number of aliphatic hydroxyl groups excluding tert-OH is 3. The van der Waals surface area contributed by atoms with Crippen LogP contribution < -0.4 is 0 Å². The van der Waals surface area contributed by atoms with Crippen LogP contribution in [-0.2, 0) is 4.79 Å². The van der Waals surface area contributed by atoms with E-state index in [2.05, 4.69) is 6.58 Å². The van der Waals surface area contributed by atoms with E-state index in [9.17, 15) is 35.4 Å². The van der Waals surface area contributed by atoms with Crippen LogP contribution in [0.25, 0.3) is 0 Å². The lowest BCUT2D eigenvalue weighted by molar-refractivity contribution is -0.175. The van der Waals surface area contributed by atoms with Crippen molar-refractivity contribution in [3.8, 4) is 0 Å². The predicted octanol–water partition coefficient (Wildman–Crippen LogP) is 2.02.